The number of rotatable bonds is 3. The minimum atomic E-state index is 0.137. The zero-order valence-corrected chi connectivity index (χ0v) is 6.61. The number of tetrazole rings is 1. The summed E-state index contributed by atoms with van der Waals surface area (Å²) in [5, 5.41) is 11.2. The molecule has 0 saturated carbocycles. The van der Waals surface area contributed by atoms with Gasteiger partial charge >= 0.3 is 0 Å². The third-order valence-electron chi connectivity index (χ3n) is 1.30. The lowest BCUT2D eigenvalue weighted by Gasteiger charge is -1.88. The molecule has 1 aromatic heterocycles. The molecule has 60 valence electrons. The molecular formula is C6H10N4O. The van der Waals surface area contributed by atoms with E-state index in [1.165, 1.54) is 4.80 Å². The molecule has 0 bridgehead atoms. The Balaban J connectivity index is 2.57. The van der Waals surface area contributed by atoms with Gasteiger partial charge in [-0.15, -0.1) is 10.2 Å². The Hall–Kier alpha value is -1.26. The minimum absolute atomic E-state index is 0.137. The Morgan fingerprint density at radius 1 is 1.64 bits per heavy atom. The van der Waals surface area contributed by atoms with Crippen molar-refractivity contribution in [2.24, 2.45) is 7.05 Å². The number of hydrogen-bond donors (Lipinski definition) is 0. The number of hydrogen-bond acceptors (Lipinski definition) is 4. The van der Waals surface area contributed by atoms with Crippen molar-refractivity contribution in [3.05, 3.63) is 5.82 Å². The smallest absolute Gasteiger partial charge is 0.182 e. The summed E-state index contributed by atoms with van der Waals surface area (Å²) in [7, 11) is 1.67. The van der Waals surface area contributed by atoms with Crippen LogP contribution >= 0.6 is 0 Å². The summed E-state index contributed by atoms with van der Waals surface area (Å²) in [5.41, 5.74) is 0. The lowest BCUT2D eigenvalue weighted by atomic mass is 10.2. The molecule has 0 N–H and O–H groups in total. The molecule has 0 radical (unpaired) electrons. The second kappa shape index (κ2) is 3.23. The maximum atomic E-state index is 10.9. The number of carbonyl (C=O) groups is 1. The van der Waals surface area contributed by atoms with Crippen molar-refractivity contribution in [2.75, 3.05) is 0 Å². The van der Waals surface area contributed by atoms with E-state index in [1.54, 1.807) is 7.05 Å². The van der Waals surface area contributed by atoms with Crippen molar-refractivity contribution in [3.63, 3.8) is 0 Å². The molecule has 0 atom stereocenters. The standard InChI is InChI=1S/C6H10N4O/c1-3-5(11)4-6-7-9-10(2)8-6/h3-4H2,1-2H3. The van der Waals surface area contributed by atoms with Crippen LogP contribution in [0.1, 0.15) is 19.2 Å². The van der Waals surface area contributed by atoms with Crippen LogP contribution in [-0.2, 0) is 18.3 Å². The number of nitrogens with zero attached hydrogens (tertiary/aromatic N) is 4. The van der Waals surface area contributed by atoms with E-state index in [1.807, 2.05) is 6.92 Å². The van der Waals surface area contributed by atoms with Crippen LogP contribution in [0.25, 0.3) is 0 Å². The number of aromatic nitrogens is 4. The van der Waals surface area contributed by atoms with Crippen LogP contribution in [-0.4, -0.2) is 26.0 Å². The molecule has 0 unspecified atom stereocenters. The summed E-state index contributed by atoms with van der Waals surface area (Å²) in [6.07, 6.45) is 0.822. The Kier molecular flexibility index (Phi) is 2.30. The summed E-state index contributed by atoms with van der Waals surface area (Å²) in [6.45, 7) is 1.82. The lowest BCUT2D eigenvalue weighted by molar-refractivity contribution is -0.118. The van der Waals surface area contributed by atoms with Crippen LogP contribution in [0, 0.1) is 0 Å². The predicted molar refractivity (Wildman–Crippen MR) is 37.8 cm³/mol. The molecule has 5 heteroatoms. The van der Waals surface area contributed by atoms with Gasteiger partial charge in [0.15, 0.2) is 5.82 Å². The van der Waals surface area contributed by atoms with E-state index in [0.717, 1.165) is 0 Å². The SMILES string of the molecule is CCC(=O)Cc1nnn(C)n1. The molecule has 0 saturated heterocycles. The third kappa shape index (κ3) is 2.10. The molecular weight excluding hydrogens is 144 g/mol. The fourth-order valence-corrected chi connectivity index (χ4v) is 0.695. The quantitative estimate of drug-likeness (QED) is 0.601. The first kappa shape index (κ1) is 7.84. The lowest BCUT2D eigenvalue weighted by Crippen LogP contribution is -2.02. The Labute approximate surface area is 64.4 Å². The molecule has 1 heterocycles. The molecule has 0 aliphatic heterocycles. The van der Waals surface area contributed by atoms with Gasteiger partial charge < -0.3 is 0 Å². The predicted octanol–water partition coefficient (Wildman–Crippen LogP) is -0.268. The van der Waals surface area contributed by atoms with E-state index in [9.17, 15) is 4.79 Å². The molecule has 0 amide bonds. The zero-order valence-electron chi connectivity index (χ0n) is 6.61. The average Bonchev–Trinajstić information content (AvgIpc) is 2.35. The summed E-state index contributed by atoms with van der Waals surface area (Å²) >= 11 is 0. The summed E-state index contributed by atoms with van der Waals surface area (Å²) in [4.78, 5) is 12.2. The molecule has 1 rings (SSSR count). The zero-order chi connectivity index (χ0) is 8.27. The van der Waals surface area contributed by atoms with Gasteiger partial charge in [0.1, 0.15) is 5.78 Å². The van der Waals surface area contributed by atoms with Crippen molar-refractivity contribution in [1.82, 2.24) is 20.2 Å². The van der Waals surface area contributed by atoms with E-state index < -0.39 is 0 Å². The van der Waals surface area contributed by atoms with Crippen LogP contribution in [0.2, 0.25) is 0 Å². The van der Waals surface area contributed by atoms with Crippen molar-refractivity contribution in [3.8, 4) is 0 Å². The van der Waals surface area contributed by atoms with E-state index in [2.05, 4.69) is 15.4 Å². The van der Waals surface area contributed by atoms with Gasteiger partial charge in [0.2, 0.25) is 0 Å². The van der Waals surface area contributed by atoms with Gasteiger partial charge in [-0.2, -0.15) is 4.80 Å². The van der Waals surface area contributed by atoms with Crippen LogP contribution < -0.4 is 0 Å². The van der Waals surface area contributed by atoms with E-state index in [0.29, 0.717) is 18.7 Å². The average molecular weight is 154 g/mol. The summed E-state index contributed by atoms with van der Waals surface area (Å²) in [6, 6.07) is 0. The highest BCUT2D eigenvalue weighted by Gasteiger charge is 2.04. The maximum absolute atomic E-state index is 10.9. The third-order valence-corrected chi connectivity index (χ3v) is 1.30. The summed E-state index contributed by atoms with van der Waals surface area (Å²) in [5.74, 6) is 0.636. The minimum Gasteiger partial charge on any atom is -0.299 e. The van der Waals surface area contributed by atoms with E-state index in [4.69, 9.17) is 0 Å². The van der Waals surface area contributed by atoms with Crippen molar-refractivity contribution in [1.29, 1.82) is 0 Å². The highest BCUT2D eigenvalue weighted by atomic mass is 16.1. The first-order valence-electron chi connectivity index (χ1n) is 3.47. The van der Waals surface area contributed by atoms with E-state index in [-0.39, 0.29) is 5.78 Å². The first-order valence-corrected chi connectivity index (χ1v) is 3.47. The molecule has 0 aromatic carbocycles. The van der Waals surface area contributed by atoms with Gasteiger partial charge in [-0.05, 0) is 5.21 Å². The largest absolute Gasteiger partial charge is 0.299 e. The number of aryl methyl sites for hydroxylation is 1. The van der Waals surface area contributed by atoms with Crippen molar-refractivity contribution >= 4 is 5.78 Å². The van der Waals surface area contributed by atoms with Crippen LogP contribution in [0.4, 0.5) is 0 Å². The van der Waals surface area contributed by atoms with Crippen LogP contribution in [0.3, 0.4) is 0 Å². The molecule has 11 heavy (non-hydrogen) atoms. The Bertz CT molecular complexity index is 255. The highest BCUT2D eigenvalue weighted by Crippen LogP contribution is 1.91. The van der Waals surface area contributed by atoms with Crippen molar-refractivity contribution in [2.45, 2.75) is 19.8 Å². The van der Waals surface area contributed by atoms with E-state index >= 15 is 0 Å². The molecule has 0 spiro atoms. The second-order valence-electron chi connectivity index (χ2n) is 2.26. The number of carbonyl (C=O) groups excluding carboxylic acids is 1. The van der Waals surface area contributed by atoms with Crippen molar-refractivity contribution < 1.29 is 4.79 Å². The molecule has 0 aliphatic rings. The topological polar surface area (TPSA) is 60.7 Å². The summed E-state index contributed by atoms with van der Waals surface area (Å²) < 4.78 is 0. The number of Topliss-reactive ketones (excluding diaryl/α,β-unsaturated/α-hetero) is 1. The fourth-order valence-electron chi connectivity index (χ4n) is 0.695. The van der Waals surface area contributed by atoms with Crippen LogP contribution in [0.5, 0.6) is 0 Å². The van der Waals surface area contributed by atoms with Gasteiger partial charge in [-0.25, -0.2) is 0 Å². The second-order valence-corrected chi connectivity index (χ2v) is 2.26. The van der Waals surface area contributed by atoms with Gasteiger partial charge in [0, 0.05) is 6.42 Å². The fraction of sp³-hybridized carbons (Fsp3) is 0.667. The normalized spacial score (nSPS) is 10.0. The highest BCUT2D eigenvalue weighted by molar-refractivity contribution is 5.79. The molecule has 5 nitrogen and oxygen atoms in total. The first-order chi connectivity index (χ1) is 5.22. The maximum Gasteiger partial charge on any atom is 0.182 e. The molecule has 1 aromatic rings. The van der Waals surface area contributed by atoms with Gasteiger partial charge in [0.25, 0.3) is 0 Å². The van der Waals surface area contributed by atoms with Gasteiger partial charge in [0.05, 0.1) is 13.5 Å². The monoisotopic (exact) mass is 154 g/mol. The van der Waals surface area contributed by atoms with Crippen LogP contribution in [0.15, 0.2) is 0 Å². The Morgan fingerprint density at radius 3 is 2.82 bits per heavy atom. The van der Waals surface area contributed by atoms with Gasteiger partial charge in [-0.1, -0.05) is 6.92 Å². The molecule has 0 aliphatic carbocycles. The van der Waals surface area contributed by atoms with Gasteiger partial charge in [-0.3, -0.25) is 4.79 Å². The number of ketones is 1. The Morgan fingerprint density at radius 2 is 2.36 bits per heavy atom. The molecule has 0 fully saturated rings.